The Morgan fingerprint density at radius 1 is 0.667 bits per heavy atom. The van der Waals surface area contributed by atoms with Crippen LogP contribution in [-0.2, 0) is 71.4 Å². The molecule has 0 spiro atoms. The van der Waals surface area contributed by atoms with Crippen LogP contribution >= 0.6 is 0 Å². The third-order valence-corrected chi connectivity index (χ3v) is 6.16. The second-order valence-corrected chi connectivity index (χ2v) is 9.54. The Morgan fingerprint density at radius 2 is 1.17 bits per heavy atom. The zero-order chi connectivity index (χ0) is 31.7. The Bertz CT molecular complexity index is 1000. The molecule has 2 heterocycles. The van der Waals surface area contributed by atoms with Gasteiger partial charge in [-0.2, -0.15) is 0 Å². The molecule has 10 atom stereocenters. The third kappa shape index (κ3) is 9.59. The third-order valence-electron chi connectivity index (χ3n) is 6.16. The van der Waals surface area contributed by atoms with Crippen molar-refractivity contribution in [1.29, 1.82) is 0 Å². The van der Waals surface area contributed by atoms with Crippen LogP contribution in [0.5, 0.6) is 0 Å². The second-order valence-electron chi connectivity index (χ2n) is 9.54. The van der Waals surface area contributed by atoms with E-state index in [0.29, 0.717) is 0 Å². The van der Waals surface area contributed by atoms with E-state index in [0.717, 1.165) is 34.6 Å². The number of aliphatic hydroxyl groups excluding tert-OH is 1. The van der Waals surface area contributed by atoms with Gasteiger partial charge in [-0.05, 0) is 0 Å². The van der Waals surface area contributed by atoms with E-state index in [2.05, 4.69) is 0 Å². The average molecular weight is 608 g/mol. The Morgan fingerprint density at radius 3 is 1.64 bits per heavy atom. The topological polar surface area (TPSA) is 232 Å². The largest absolute Gasteiger partial charge is 0.463 e. The van der Waals surface area contributed by atoms with Gasteiger partial charge in [-0.15, -0.1) is 0 Å². The number of hydrogen-bond donors (Lipinski definition) is 2. The number of ether oxygens (including phenoxy) is 9. The number of primary amides is 1. The van der Waals surface area contributed by atoms with Gasteiger partial charge in [0.15, 0.2) is 30.9 Å². The van der Waals surface area contributed by atoms with E-state index in [-0.39, 0.29) is 0 Å². The molecular weight excluding hydrogens is 570 g/mol. The lowest BCUT2D eigenvalue weighted by atomic mass is 9.87. The maximum atomic E-state index is 12.2. The number of methoxy groups -OCH3 is 1. The van der Waals surface area contributed by atoms with Crippen molar-refractivity contribution in [1.82, 2.24) is 0 Å². The molecule has 0 unspecified atom stereocenters. The van der Waals surface area contributed by atoms with Crippen molar-refractivity contribution in [3.05, 3.63) is 0 Å². The second kappa shape index (κ2) is 15.7. The van der Waals surface area contributed by atoms with E-state index in [4.69, 9.17) is 48.4 Å². The first-order valence-electron chi connectivity index (χ1n) is 12.9. The fourth-order valence-corrected chi connectivity index (χ4v) is 4.75. The van der Waals surface area contributed by atoms with Crippen molar-refractivity contribution in [2.75, 3.05) is 20.3 Å². The number of esters is 5. The summed E-state index contributed by atoms with van der Waals surface area (Å²) in [5.41, 5.74) is 5.43. The minimum Gasteiger partial charge on any atom is -0.463 e. The Balaban J connectivity index is 2.63. The molecule has 0 bridgehead atoms. The highest BCUT2D eigenvalue weighted by molar-refractivity contribution is 5.74. The smallest absolute Gasteiger partial charge is 0.303 e. The summed E-state index contributed by atoms with van der Waals surface area (Å²) in [6, 6.07) is 0. The molecule has 2 aliphatic rings. The van der Waals surface area contributed by atoms with Gasteiger partial charge < -0.3 is 53.5 Å². The summed E-state index contributed by atoms with van der Waals surface area (Å²) in [5, 5.41) is 10.1. The number of carbonyl (C=O) groups excluding carboxylic acids is 6. The molecule has 0 aromatic rings. The SMILES string of the molecule is CO[C@H]1O[C@H](COC(C)=O)[C@@H](O[C@@H]2O[C@H](CO)[C@H](OC(C)=O)[C@H](OC(C)=O)[C@H]2OC(C)=O)[C@H](OC(C)=O)[C@@H]1CC(N)=O. The van der Waals surface area contributed by atoms with Gasteiger partial charge in [0, 0.05) is 48.1 Å². The first kappa shape index (κ1) is 34.8. The van der Waals surface area contributed by atoms with Gasteiger partial charge in [0.2, 0.25) is 5.91 Å². The van der Waals surface area contributed by atoms with Crippen LogP contribution in [-0.4, -0.2) is 116 Å². The number of hydrogen-bond acceptors (Lipinski definition) is 16. The van der Waals surface area contributed by atoms with Gasteiger partial charge in [0.1, 0.15) is 31.0 Å². The van der Waals surface area contributed by atoms with Crippen LogP contribution < -0.4 is 5.73 Å². The first-order chi connectivity index (χ1) is 19.7. The van der Waals surface area contributed by atoms with Crippen molar-refractivity contribution in [3.8, 4) is 0 Å². The highest BCUT2D eigenvalue weighted by Gasteiger charge is 2.56. The molecule has 0 saturated carbocycles. The average Bonchev–Trinajstić information content (AvgIpc) is 2.86. The lowest BCUT2D eigenvalue weighted by Gasteiger charge is -2.48. The van der Waals surface area contributed by atoms with Crippen molar-refractivity contribution < 1.29 is 76.5 Å². The van der Waals surface area contributed by atoms with E-state index < -0.39 is 117 Å². The lowest BCUT2D eigenvalue weighted by molar-refractivity contribution is -0.354. The van der Waals surface area contributed by atoms with E-state index in [1.54, 1.807) is 0 Å². The molecule has 2 fully saturated rings. The summed E-state index contributed by atoms with van der Waals surface area (Å²) in [6.45, 7) is 4.16. The van der Waals surface area contributed by atoms with E-state index >= 15 is 0 Å². The van der Waals surface area contributed by atoms with Gasteiger partial charge in [-0.3, -0.25) is 28.8 Å². The molecule has 0 aromatic heterocycles. The molecule has 1 amide bonds. The van der Waals surface area contributed by atoms with Crippen LogP contribution in [0.1, 0.15) is 41.0 Å². The Labute approximate surface area is 241 Å². The summed E-state index contributed by atoms with van der Waals surface area (Å²) in [5.74, 6) is -5.89. The van der Waals surface area contributed by atoms with Gasteiger partial charge >= 0.3 is 29.8 Å². The summed E-state index contributed by atoms with van der Waals surface area (Å²) in [6.07, 6.45) is -13.2. The zero-order valence-corrected chi connectivity index (χ0v) is 24.0. The van der Waals surface area contributed by atoms with Gasteiger partial charge in [0.05, 0.1) is 12.5 Å². The fraction of sp³-hybridized carbons (Fsp3) is 0.760. The summed E-state index contributed by atoms with van der Waals surface area (Å²) in [7, 11) is 1.26. The highest BCUT2D eigenvalue weighted by Crippen LogP contribution is 2.37. The van der Waals surface area contributed by atoms with Crippen molar-refractivity contribution >= 4 is 35.8 Å². The maximum absolute atomic E-state index is 12.2. The monoisotopic (exact) mass is 607 g/mol. The Hall–Kier alpha value is -3.38. The standard InChI is InChI=1S/C25H37NO16/c1-10(28)35-9-17-21(19(36-11(2)29)15(7-18(26)33)24(34-6)41-17)42-25-23(39-14(5)32)22(38-13(4)31)20(37-12(3)30)16(8-27)40-25/h15-17,19-25,27H,7-9H2,1-6H3,(H2,26,33)/t15-,16+,17+,19+,20-,21+,22-,23+,24-,25-/m0/s1. The molecule has 2 rings (SSSR count). The van der Waals surface area contributed by atoms with E-state index in [1.165, 1.54) is 7.11 Å². The number of rotatable bonds is 12. The summed E-state index contributed by atoms with van der Waals surface area (Å²) < 4.78 is 49.8. The number of amides is 1. The van der Waals surface area contributed by atoms with Gasteiger partial charge in [0.25, 0.3) is 0 Å². The molecule has 42 heavy (non-hydrogen) atoms. The normalized spacial score (nSPS) is 32.6. The highest BCUT2D eigenvalue weighted by atomic mass is 16.8. The minimum absolute atomic E-state index is 0.403. The molecule has 0 radical (unpaired) electrons. The molecule has 0 aliphatic carbocycles. The molecule has 17 heteroatoms. The predicted molar refractivity (Wildman–Crippen MR) is 132 cm³/mol. The molecule has 0 aromatic carbocycles. The Kier molecular flexibility index (Phi) is 13.0. The van der Waals surface area contributed by atoms with Crippen LogP contribution in [0.2, 0.25) is 0 Å². The lowest BCUT2D eigenvalue weighted by Crippen LogP contribution is -2.66. The molecule has 3 N–H and O–H groups in total. The molecule has 2 aliphatic heterocycles. The van der Waals surface area contributed by atoms with E-state index in [9.17, 15) is 33.9 Å². The van der Waals surface area contributed by atoms with E-state index in [1.807, 2.05) is 0 Å². The molecular formula is C25H37NO16. The van der Waals surface area contributed by atoms with Crippen LogP contribution in [0.4, 0.5) is 0 Å². The van der Waals surface area contributed by atoms with Crippen molar-refractivity contribution in [3.63, 3.8) is 0 Å². The number of aliphatic hydroxyl groups is 1. The molecule has 238 valence electrons. The van der Waals surface area contributed by atoms with Crippen LogP contribution in [0.25, 0.3) is 0 Å². The minimum atomic E-state index is -1.69. The molecule has 2 saturated heterocycles. The number of carbonyl (C=O) groups is 6. The summed E-state index contributed by atoms with van der Waals surface area (Å²) in [4.78, 5) is 71.7. The quantitative estimate of drug-likeness (QED) is 0.185. The summed E-state index contributed by atoms with van der Waals surface area (Å²) >= 11 is 0. The zero-order valence-electron chi connectivity index (χ0n) is 24.0. The van der Waals surface area contributed by atoms with Crippen LogP contribution in [0.3, 0.4) is 0 Å². The van der Waals surface area contributed by atoms with Crippen molar-refractivity contribution in [2.45, 2.75) is 96.3 Å². The maximum Gasteiger partial charge on any atom is 0.303 e. The van der Waals surface area contributed by atoms with Gasteiger partial charge in [-0.1, -0.05) is 0 Å². The van der Waals surface area contributed by atoms with Gasteiger partial charge in [-0.25, -0.2) is 0 Å². The van der Waals surface area contributed by atoms with Crippen molar-refractivity contribution in [2.24, 2.45) is 11.7 Å². The van der Waals surface area contributed by atoms with Crippen LogP contribution in [0, 0.1) is 5.92 Å². The predicted octanol–water partition coefficient (Wildman–Crippen LogP) is -1.76. The number of nitrogens with two attached hydrogens (primary N) is 1. The van der Waals surface area contributed by atoms with Crippen LogP contribution in [0.15, 0.2) is 0 Å². The molecule has 17 nitrogen and oxygen atoms in total. The first-order valence-corrected chi connectivity index (χ1v) is 12.9. The fourth-order valence-electron chi connectivity index (χ4n) is 4.75.